The van der Waals surface area contributed by atoms with Gasteiger partial charge in [0.05, 0.1) is 10.6 Å². The lowest BCUT2D eigenvalue weighted by molar-refractivity contribution is -0.384. The van der Waals surface area contributed by atoms with Crippen LogP contribution < -0.4 is 10.5 Å². The molecule has 0 N–H and O–H groups in total. The number of hydrogen-bond acceptors (Lipinski definition) is 6. The van der Waals surface area contributed by atoms with Crippen molar-refractivity contribution >= 4 is 28.6 Å². The number of aromatic nitrogens is 2. The fourth-order valence-electron chi connectivity index (χ4n) is 3.47. The average molecular weight is 400 g/mol. The maximum absolute atomic E-state index is 12.2. The maximum atomic E-state index is 12.2. The molecule has 0 bridgehead atoms. The standard InChI is InChI=1S/C19H18ClN5O3/c20-14-4-5-16(17(11-14)25(27)28)23-9-7-22(8-10-23)13-15-12-19(26)24-6-2-1-3-18(24)21-15/h1-6,11-12H,7-10,13H2. The van der Waals surface area contributed by atoms with Gasteiger partial charge in [-0.15, -0.1) is 0 Å². The molecule has 0 radical (unpaired) electrons. The van der Waals surface area contributed by atoms with E-state index in [-0.39, 0.29) is 11.2 Å². The van der Waals surface area contributed by atoms with Crippen LogP contribution in [-0.4, -0.2) is 45.4 Å². The first kappa shape index (κ1) is 18.4. The second kappa shape index (κ2) is 7.57. The number of nitro benzene ring substituents is 1. The number of fused-ring (bicyclic) bond motifs is 1. The highest BCUT2D eigenvalue weighted by molar-refractivity contribution is 6.30. The van der Waals surface area contributed by atoms with Crippen LogP contribution in [0.2, 0.25) is 5.02 Å². The third-order valence-electron chi connectivity index (χ3n) is 4.86. The van der Waals surface area contributed by atoms with Crippen LogP contribution in [0.1, 0.15) is 5.69 Å². The molecular formula is C19H18ClN5O3. The molecule has 1 saturated heterocycles. The third-order valence-corrected chi connectivity index (χ3v) is 5.09. The van der Waals surface area contributed by atoms with Gasteiger partial charge >= 0.3 is 0 Å². The Morgan fingerprint density at radius 2 is 1.89 bits per heavy atom. The Kier molecular flexibility index (Phi) is 4.97. The van der Waals surface area contributed by atoms with Gasteiger partial charge in [-0.05, 0) is 24.3 Å². The monoisotopic (exact) mass is 399 g/mol. The van der Waals surface area contributed by atoms with Crippen LogP contribution in [0.15, 0.2) is 53.5 Å². The lowest BCUT2D eigenvalue weighted by atomic mass is 10.2. The van der Waals surface area contributed by atoms with Crippen molar-refractivity contribution in [1.82, 2.24) is 14.3 Å². The van der Waals surface area contributed by atoms with Crippen LogP contribution in [0.5, 0.6) is 0 Å². The summed E-state index contributed by atoms with van der Waals surface area (Å²) in [5, 5.41) is 11.7. The van der Waals surface area contributed by atoms with Gasteiger partial charge in [0.15, 0.2) is 0 Å². The van der Waals surface area contributed by atoms with Gasteiger partial charge in [-0.25, -0.2) is 4.98 Å². The van der Waals surface area contributed by atoms with Gasteiger partial charge in [-0.2, -0.15) is 0 Å². The molecule has 1 aliphatic rings. The van der Waals surface area contributed by atoms with Crippen molar-refractivity contribution in [2.45, 2.75) is 6.54 Å². The summed E-state index contributed by atoms with van der Waals surface area (Å²) in [7, 11) is 0. The Labute approximate surface area is 165 Å². The molecule has 0 saturated carbocycles. The van der Waals surface area contributed by atoms with Crippen LogP contribution in [0, 0.1) is 10.1 Å². The van der Waals surface area contributed by atoms with E-state index in [0.717, 1.165) is 18.8 Å². The maximum Gasteiger partial charge on any atom is 0.294 e. The highest BCUT2D eigenvalue weighted by atomic mass is 35.5. The van der Waals surface area contributed by atoms with Crippen molar-refractivity contribution < 1.29 is 4.92 Å². The quantitative estimate of drug-likeness (QED) is 0.495. The molecule has 3 heterocycles. The van der Waals surface area contributed by atoms with Crippen molar-refractivity contribution in [3.8, 4) is 0 Å². The zero-order chi connectivity index (χ0) is 19.7. The Morgan fingerprint density at radius 3 is 2.64 bits per heavy atom. The van der Waals surface area contributed by atoms with Crippen LogP contribution in [-0.2, 0) is 6.54 Å². The highest BCUT2D eigenvalue weighted by Crippen LogP contribution is 2.31. The second-order valence-electron chi connectivity index (χ2n) is 6.67. The van der Waals surface area contributed by atoms with E-state index in [9.17, 15) is 14.9 Å². The van der Waals surface area contributed by atoms with E-state index in [1.807, 2.05) is 17.0 Å². The van der Waals surface area contributed by atoms with Gasteiger partial charge in [0, 0.05) is 56.1 Å². The molecule has 1 aliphatic heterocycles. The molecule has 2 aromatic heterocycles. The number of nitro groups is 1. The smallest absolute Gasteiger partial charge is 0.294 e. The van der Waals surface area contributed by atoms with Crippen molar-refractivity contribution in [3.05, 3.63) is 79.8 Å². The van der Waals surface area contributed by atoms with Gasteiger partial charge in [0.2, 0.25) is 0 Å². The van der Waals surface area contributed by atoms with E-state index in [0.29, 0.717) is 36.0 Å². The average Bonchev–Trinajstić information content (AvgIpc) is 2.69. The zero-order valence-electron chi connectivity index (χ0n) is 15.0. The molecule has 8 nitrogen and oxygen atoms in total. The lowest BCUT2D eigenvalue weighted by Gasteiger charge is -2.35. The first-order valence-electron chi connectivity index (χ1n) is 8.90. The van der Waals surface area contributed by atoms with Gasteiger partial charge in [-0.3, -0.25) is 24.2 Å². The molecular weight excluding hydrogens is 382 g/mol. The first-order chi connectivity index (χ1) is 13.5. The predicted molar refractivity (Wildman–Crippen MR) is 107 cm³/mol. The number of nitrogens with zero attached hydrogens (tertiary/aromatic N) is 5. The molecule has 0 aliphatic carbocycles. The molecule has 4 rings (SSSR count). The molecule has 28 heavy (non-hydrogen) atoms. The molecule has 3 aromatic rings. The Hall–Kier alpha value is -2.97. The Balaban J connectivity index is 1.47. The van der Waals surface area contributed by atoms with Crippen molar-refractivity contribution in [1.29, 1.82) is 0 Å². The first-order valence-corrected chi connectivity index (χ1v) is 9.27. The highest BCUT2D eigenvalue weighted by Gasteiger charge is 2.24. The summed E-state index contributed by atoms with van der Waals surface area (Å²) in [6.07, 6.45) is 1.70. The van der Waals surface area contributed by atoms with Crippen LogP contribution in [0.3, 0.4) is 0 Å². The minimum atomic E-state index is -0.403. The number of pyridine rings is 1. The summed E-state index contributed by atoms with van der Waals surface area (Å²) in [5.74, 6) is 0. The van der Waals surface area contributed by atoms with Gasteiger partial charge in [-0.1, -0.05) is 17.7 Å². The lowest BCUT2D eigenvalue weighted by Crippen LogP contribution is -2.46. The zero-order valence-corrected chi connectivity index (χ0v) is 15.7. The third kappa shape index (κ3) is 3.69. The van der Waals surface area contributed by atoms with Crippen molar-refractivity contribution in [2.24, 2.45) is 0 Å². The Bertz CT molecular complexity index is 1090. The SMILES string of the molecule is O=c1cc(CN2CCN(c3ccc(Cl)cc3[N+](=O)[O-])CC2)nc2ccccn12. The van der Waals surface area contributed by atoms with Crippen LogP contribution >= 0.6 is 11.6 Å². The van der Waals surface area contributed by atoms with E-state index in [1.54, 1.807) is 30.5 Å². The molecule has 0 atom stereocenters. The van der Waals surface area contributed by atoms with Gasteiger partial charge in [0.25, 0.3) is 11.2 Å². The summed E-state index contributed by atoms with van der Waals surface area (Å²) in [6.45, 7) is 3.30. The summed E-state index contributed by atoms with van der Waals surface area (Å²) < 4.78 is 1.51. The molecule has 0 amide bonds. The van der Waals surface area contributed by atoms with E-state index >= 15 is 0 Å². The normalized spacial score (nSPS) is 15.1. The topological polar surface area (TPSA) is 84.0 Å². The van der Waals surface area contributed by atoms with Crippen LogP contribution in [0.25, 0.3) is 5.65 Å². The van der Waals surface area contributed by atoms with E-state index < -0.39 is 4.92 Å². The largest absolute Gasteiger partial charge is 0.363 e. The molecule has 144 valence electrons. The Morgan fingerprint density at radius 1 is 1.11 bits per heavy atom. The summed E-state index contributed by atoms with van der Waals surface area (Å²) in [5.41, 5.74) is 1.85. The predicted octanol–water partition coefficient (Wildman–Crippen LogP) is 2.58. The number of rotatable bonds is 4. The van der Waals surface area contributed by atoms with Crippen molar-refractivity contribution in [3.63, 3.8) is 0 Å². The van der Waals surface area contributed by atoms with E-state index in [1.165, 1.54) is 10.5 Å². The number of anilines is 1. The fourth-order valence-corrected chi connectivity index (χ4v) is 3.64. The fraction of sp³-hybridized carbons (Fsp3) is 0.263. The van der Waals surface area contributed by atoms with Crippen LogP contribution in [0.4, 0.5) is 11.4 Å². The summed E-state index contributed by atoms with van der Waals surface area (Å²) in [6, 6.07) is 11.8. The number of benzene rings is 1. The minimum absolute atomic E-state index is 0.0187. The second-order valence-corrected chi connectivity index (χ2v) is 7.10. The summed E-state index contributed by atoms with van der Waals surface area (Å²) in [4.78, 5) is 31.9. The summed E-state index contributed by atoms with van der Waals surface area (Å²) >= 11 is 5.90. The van der Waals surface area contributed by atoms with E-state index in [4.69, 9.17) is 11.6 Å². The number of halogens is 1. The van der Waals surface area contributed by atoms with Crippen molar-refractivity contribution in [2.75, 3.05) is 31.1 Å². The molecule has 0 spiro atoms. The number of piperazine rings is 1. The van der Waals surface area contributed by atoms with Gasteiger partial charge < -0.3 is 4.90 Å². The molecule has 1 fully saturated rings. The van der Waals surface area contributed by atoms with Gasteiger partial charge in [0.1, 0.15) is 11.3 Å². The number of hydrogen-bond donors (Lipinski definition) is 0. The van der Waals surface area contributed by atoms with E-state index in [2.05, 4.69) is 9.88 Å². The molecule has 9 heteroatoms. The molecule has 1 aromatic carbocycles. The minimum Gasteiger partial charge on any atom is -0.363 e. The molecule has 0 unspecified atom stereocenters.